The lowest BCUT2D eigenvalue weighted by atomic mass is 9.89. The van der Waals surface area contributed by atoms with Gasteiger partial charge in [-0.05, 0) is 73.2 Å². The molecule has 2 heterocycles. The summed E-state index contributed by atoms with van der Waals surface area (Å²) in [6, 6.07) is 16.8. The Labute approximate surface area is 198 Å². The molecule has 2 amide bonds. The highest BCUT2D eigenvalue weighted by atomic mass is 35.5. The number of likely N-dealkylation sites (tertiary alicyclic amines) is 1. The fourth-order valence-electron chi connectivity index (χ4n) is 4.11. The Hall–Kier alpha value is -3.38. The maximum Gasteiger partial charge on any atom is 0.258 e. The monoisotopic (exact) mass is 463 g/mol. The number of piperidine rings is 1. The van der Waals surface area contributed by atoms with E-state index in [0.29, 0.717) is 30.3 Å². The molecule has 0 atom stereocenters. The number of carbonyl (C=O) groups is 2. The Morgan fingerprint density at radius 1 is 1.09 bits per heavy atom. The molecule has 6 nitrogen and oxygen atoms in total. The minimum atomic E-state index is -0.360. The van der Waals surface area contributed by atoms with Gasteiger partial charge in [0.1, 0.15) is 10.9 Å². The second-order valence-corrected chi connectivity index (χ2v) is 8.52. The van der Waals surface area contributed by atoms with E-state index in [4.69, 9.17) is 16.3 Å². The summed E-state index contributed by atoms with van der Waals surface area (Å²) in [5.41, 5.74) is 3.56. The number of amides is 2. The molecule has 0 aliphatic carbocycles. The summed E-state index contributed by atoms with van der Waals surface area (Å²) < 4.78 is 5.24. The second kappa shape index (κ2) is 10.0. The molecule has 0 saturated carbocycles. The van der Waals surface area contributed by atoms with Crippen LogP contribution in [0.1, 0.15) is 50.6 Å². The molecule has 0 radical (unpaired) electrons. The van der Waals surface area contributed by atoms with E-state index in [2.05, 4.69) is 22.4 Å². The summed E-state index contributed by atoms with van der Waals surface area (Å²) in [5.74, 6) is 0.885. The Morgan fingerprint density at radius 3 is 2.48 bits per heavy atom. The Bertz CT molecular complexity index is 1160. The van der Waals surface area contributed by atoms with Gasteiger partial charge in [-0.2, -0.15) is 0 Å². The Kier molecular flexibility index (Phi) is 6.94. The van der Waals surface area contributed by atoms with Gasteiger partial charge in [-0.3, -0.25) is 9.59 Å². The molecule has 1 aromatic heterocycles. The highest BCUT2D eigenvalue weighted by molar-refractivity contribution is 6.33. The van der Waals surface area contributed by atoms with E-state index in [1.807, 2.05) is 30.0 Å². The van der Waals surface area contributed by atoms with Crippen molar-refractivity contribution in [1.29, 1.82) is 0 Å². The molecule has 1 N–H and O–H groups in total. The normalized spacial score (nSPS) is 14.1. The van der Waals surface area contributed by atoms with Gasteiger partial charge in [-0.25, -0.2) is 4.98 Å². The number of pyridine rings is 1. The highest BCUT2D eigenvalue weighted by Crippen LogP contribution is 2.30. The van der Waals surface area contributed by atoms with Crippen molar-refractivity contribution in [3.63, 3.8) is 0 Å². The number of aryl methyl sites for hydroxylation is 1. The van der Waals surface area contributed by atoms with Crippen LogP contribution in [0.2, 0.25) is 5.15 Å². The van der Waals surface area contributed by atoms with Crippen LogP contribution in [0, 0.1) is 6.92 Å². The quantitative estimate of drug-likeness (QED) is 0.519. The zero-order valence-corrected chi connectivity index (χ0v) is 19.4. The molecule has 33 heavy (non-hydrogen) atoms. The molecule has 0 spiro atoms. The average molecular weight is 464 g/mol. The predicted octanol–water partition coefficient (Wildman–Crippen LogP) is 5.32. The van der Waals surface area contributed by atoms with E-state index in [9.17, 15) is 9.59 Å². The number of benzene rings is 2. The van der Waals surface area contributed by atoms with Crippen molar-refractivity contribution < 1.29 is 14.3 Å². The topological polar surface area (TPSA) is 71.5 Å². The maximum atomic E-state index is 13.2. The van der Waals surface area contributed by atoms with Gasteiger partial charge in [0.05, 0.1) is 12.7 Å². The lowest BCUT2D eigenvalue weighted by Crippen LogP contribution is -2.38. The van der Waals surface area contributed by atoms with Gasteiger partial charge in [0.25, 0.3) is 11.8 Å². The van der Waals surface area contributed by atoms with Crippen LogP contribution in [0.3, 0.4) is 0 Å². The van der Waals surface area contributed by atoms with Gasteiger partial charge in [-0.15, -0.1) is 0 Å². The minimum Gasteiger partial charge on any atom is -0.497 e. The molecule has 7 heteroatoms. The molecule has 170 valence electrons. The first-order valence-electron chi connectivity index (χ1n) is 10.9. The Morgan fingerprint density at radius 2 is 1.82 bits per heavy atom. The zero-order chi connectivity index (χ0) is 23.4. The summed E-state index contributed by atoms with van der Waals surface area (Å²) >= 11 is 6.04. The van der Waals surface area contributed by atoms with E-state index in [1.165, 1.54) is 11.8 Å². The van der Waals surface area contributed by atoms with Gasteiger partial charge in [0.15, 0.2) is 0 Å². The number of carbonyl (C=O) groups excluding carboxylic acids is 2. The van der Waals surface area contributed by atoms with E-state index in [-0.39, 0.29) is 22.5 Å². The molecule has 0 bridgehead atoms. The molecular formula is C26H26ClN3O3. The van der Waals surface area contributed by atoms with Gasteiger partial charge in [0, 0.05) is 30.5 Å². The van der Waals surface area contributed by atoms with Crippen molar-refractivity contribution in [2.45, 2.75) is 25.7 Å². The molecular weight excluding hydrogens is 438 g/mol. The highest BCUT2D eigenvalue weighted by Gasteiger charge is 2.25. The van der Waals surface area contributed by atoms with Crippen LogP contribution in [0.5, 0.6) is 5.75 Å². The van der Waals surface area contributed by atoms with E-state index in [0.717, 1.165) is 24.2 Å². The van der Waals surface area contributed by atoms with E-state index in [1.54, 1.807) is 31.4 Å². The lowest BCUT2D eigenvalue weighted by Gasteiger charge is -2.32. The second-order valence-electron chi connectivity index (χ2n) is 8.17. The number of nitrogens with one attached hydrogen (secondary N) is 1. The van der Waals surface area contributed by atoms with Crippen molar-refractivity contribution in [2.75, 3.05) is 25.5 Å². The van der Waals surface area contributed by atoms with Crippen LogP contribution in [-0.4, -0.2) is 41.9 Å². The molecule has 2 aromatic carbocycles. The molecule has 1 aliphatic heterocycles. The van der Waals surface area contributed by atoms with Gasteiger partial charge in [-0.1, -0.05) is 29.8 Å². The SMILES string of the molecule is COc1ccc(C2CCN(C(=O)c3ccc(C)c(NC(=O)c4cccnc4Cl)c3)CC2)cc1. The van der Waals surface area contributed by atoms with E-state index >= 15 is 0 Å². The van der Waals surface area contributed by atoms with Crippen LogP contribution in [-0.2, 0) is 0 Å². The maximum absolute atomic E-state index is 13.2. The number of halogens is 1. The number of methoxy groups -OCH3 is 1. The average Bonchev–Trinajstić information content (AvgIpc) is 2.85. The third-order valence-electron chi connectivity index (χ3n) is 6.11. The van der Waals surface area contributed by atoms with Crippen molar-refractivity contribution in [1.82, 2.24) is 9.88 Å². The summed E-state index contributed by atoms with van der Waals surface area (Å²) in [6.07, 6.45) is 3.35. The number of aromatic nitrogens is 1. The summed E-state index contributed by atoms with van der Waals surface area (Å²) in [5, 5.41) is 3.00. The fourth-order valence-corrected chi connectivity index (χ4v) is 4.31. The number of ether oxygens (including phenoxy) is 1. The molecule has 3 aromatic rings. The first-order valence-corrected chi connectivity index (χ1v) is 11.3. The molecule has 1 saturated heterocycles. The number of hydrogen-bond acceptors (Lipinski definition) is 4. The first-order chi connectivity index (χ1) is 16.0. The summed E-state index contributed by atoms with van der Waals surface area (Å²) in [4.78, 5) is 31.6. The molecule has 1 fully saturated rings. The van der Waals surface area contributed by atoms with E-state index < -0.39 is 0 Å². The smallest absolute Gasteiger partial charge is 0.258 e. The third-order valence-corrected chi connectivity index (χ3v) is 6.41. The van der Waals surface area contributed by atoms with Crippen molar-refractivity contribution in [3.05, 3.63) is 88.2 Å². The fraction of sp³-hybridized carbons (Fsp3) is 0.269. The van der Waals surface area contributed by atoms with Gasteiger partial charge >= 0.3 is 0 Å². The Balaban J connectivity index is 1.42. The first kappa shape index (κ1) is 22.8. The van der Waals surface area contributed by atoms with Crippen molar-refractivity contribution in [2.24, 2.45) is 0 Å². The zero-order valence-electron chi connectivity index (χ0n) is 18.7. The van der Waals surface area contributed by atoms with Crippen molar-refractivity contribution >= 4 is 29.1 Å². The lowest BCUT2D eigenvalue weighted by molar-refractivity contribution is 0.0712. The summed E-state index contributed by atoms with van der Waals surface area (Å²) in [7, 11) is 1.66. The molecule has 1 aliphatic rings. The standard InChI is InChI=1S/C26H26ClN3O3/c1-17-5-6-20(16-23(17)29-25(31)22-4-3-13-28-24(22)27)26(32)30-14-11-19(12-15-30)18-7-9-21(33-2)10-8-18/h3-10,13,16,19H,11-12,14-15H2,1-2H3,(H,29,31). The number of hydrogen-bond donors (Lipinski definition) is 1. The van der Waals surface area contributed by atoms with Gasteiger partial charge in [0.2, 0.25) is 0 Å². The van der Waals surface area contributed by atoms with Crippen LogP contribution >= 0.6 is 11.6 Å². The van der Waals surface area contributed by atoms with Crippen LogP contribution in [0.15, 0.2) is 60.8 Å². The van der Waals surface area contributed by atoms with Crippen LogP contribution < -0.4 is 10.1 Å². The number of anilines is 1. The molecule has 0 unspecified atom stereocenters. The summed E-state index contributed by atoms with van der Waals surface area (Å²) in [6.45, 7) is 3.27. The van der Waals surface area contributed by atoms with Crippen molar-refractivity contribution in [3.8, 4) is 5.75 Å². The van der Waals surface area contributed by atoms with Crippen LogP contribution in [0.4, 0.5) is 5.69 Å². The number of nitrogens with zero attached hydrogens (tertiary/aromatic N) is 2. The predicted molar refractivity (Wildman–Crippen MR) is 129 cm³/mol. The largest absolute Gasteiger partial charge is 0.497 e. The number of rotatable bonds is 5. The van der Waals surface area contributed by atoms with Gasteiger partial charge < -0.3 is 15.0 Å². The molecule has 4 rings (SSSR count). The third kappa shape index (κ3) is 5.17. The van der Waals surface area contributed by atoms with Crippen LogP contribution in [0.25, 0.3) is 0 Å². The minimum absolute atomic E-state index is 0.0295.